The molecule has 118 valence electrons. The highest BCUT2D eigenvalue weighted by Gasteiger charge is 2.27. The van der Waals surface area contributed by atoms with Gasteiger partial charge < -0.3 is 5.73 Å². The highest BCUT2D eigenvalue weighted by atomic mass is 79.9. The molecule has 0 aliphatic heterocycles. The molecule has 2 unspecified atom stereocenters. The van der Waals surface area contributed by atoms with Crippen molar-refractivity contribution in [1.82, 2.24) is 4.72 Å². The second kappa shape index (κ2) is 6.73. The fraction of sp³-hybridized carbons (Fsp3) is 0.571. The minimum atomic E-state index is -3.88. The van der Waals surface area contributed by atoms with Crippen molar-refractivity contribution in [3.05, 3.63) is 28.0 Å². The zero-order valence-corrected chi connectivity index (χ0v) is 14.3. The molecular formula is C14H20BrFN2O2S. The van der Waals surface area contributed by atoms with E-state index in [9.17, 15) is 12.8 Å². The zero-order chi connectivity index (χ0) is 15.6. The fourth-order valence-electron chi connectivity index (χ4n) is 2.79. The van der Waals surface area contributed by atoms with Crippen molar-refractivity contribution in [1.29, 1.82) is 0 Å². The first kappa shape index (κ1) is 16.9. The maximum Gasteiger partial charge on any atom is 0.243 e. The van der Waals surface area contributed by atoms with Gasteiger partial charge in [-0.15, -0.1) is 0 Å². The Morgan fingerprint density at radius 1 is 1.43 bits per heavy atom. The lowest BCUT2D eigenvalue weighted by atomic mass is 9.88. The number of nitrogens with one attached hydrogen (secondary N) is 1. The standard InChI is InChI=1S/C14H20BrFN2O2S/c1-9-3-2-4-12(5-9)18-21(19,20)13-7-11(15)6-10(8-17)14(13)16/h6-7,9,12,18H,2-5,8,17H2,1H3. The molecule has 1 aliphatic rings. The van der Waals surface area contributed by atoms with Crippen molar-refractivity contribution in [3.63, 3.8) is 0 Å². The number of nitrogens with two attached hydrogens (primary N) is 1. The zero-order valence-electron chi connectivity index (χ0n) is 11.9. The molecule has 0 aromatic heterocycles. The van der Waals surface area contributed by atoms with Gasteiger partial charge in [-0.1, -0.05) is 35.7 Å². The summed E-state index contributed by atoms with van der Waals surface area (Å²) in [4.78, 5) is -0.337. The van der Waals surface area contributed by atoms with E-state index in [0.717, 1.165) is 25.7 Å². The number of hydrogen-bond acceptors (Lipinski definition) is 3. The second-order valence-corrected chi connectivity index (χ2v) is 8.27. The summed E-state index contributed by atoms with van der Waals surface area (Å²) in [5.41, 5.74) is 5.64. The van der Waals surface area contributed by atoms with Crippen molar-refractivity contribution < 1.29 is 12.8 Å². The average molecular weight is 379 g/mol. The normalized spacial score (nSPS) is 23.2. The molecule has 0 saturated heterocycles. The quantitative estimate of drug-likeness (QED) is 0.845. The largest absolute Gasteiger partial charge is 0.326 e. The third-order valence-corrected chi connectivity index (χ3v) is 5.82. The summed E-state index contributed by atoms with van der Waals surface area (Å²) < 4.78 is 42.3. The lowest BCUT2D eigenvalue weighted by molar-refractivity contribution is 0.327. The third-order valence-electron chi connectivity index (χ3n) is 3.85. The Balaban J connectivity index is 2.29. The Labute approximate surface area is 133 Å². The van der Waals surface area contributed by atoms with Gasteiger partial charge in [0, 0.05) is 22.6 Å². The van der Waals surface area contributed by atoms with Crippen LogP contribution >= 0.6 is 15.9 Å². The van der Waals surface area contributed by atoms with Gasteiger partial charge in [0.05, 0.1) is 0 Å². The van der Waals surface area contributed by atoms with E-state index in [1.807, 2.05) is 0 Å². The van der Waals surface area contributed by atoms with E-state index in [1.54, 1.807) is 0 Å². The fourth-order valence-corrected chi connectivity index (χ4v) is 4.87. The lowest BCUT2D eigenvalue weighted by Gasteiger charge is -2.27. The average Bonchev–Trinajstić information content (AvgIpc) is 2.40. The van der Waals surface area contributed by atoms with Gasteiger partial charge in [0.25, 0.3) is 0 Å². The molecule has 0 spiro atoms. The van der Waals surface area contributed by atoms with Crippen LogP contribution in [0.2, 0.25) is 0 Å². The number of halogens is 2. The second-order valence-electron chi connectivity index (χ2n) is 5.67. The number of benzene rings is 1. The molecule has 1 fully saturated rings. The summed E-state index contributed by atoms with van der Waals surface area (Å²) >= 11 is 3.20. The van der Waals surface area contributed by atoms with Crippen molar-refractivity contribution in [2.45, 2.75) is 50.1 Å². The minimum absolute atomic E-state index is 0.0474. The van der Waals surface area contributed by atoms with Crippen LogP contribution in [-0.4, -0.2) is 14.5 Å². The smallest absolute Gasteiger partial charge is 0.243 e. The van der Waals surface area contributed by atoms with Gasteiger partial charge >= 0.3 is 0 Å². The summed E-state index contributed by atoms with van der Waals surface area (Å²) in [5.74, 6) is -0.282. The van der Waals surface area contributed by atoms with E-state index in [0.29, 0.717) is 10.4 Å². The molecule has 7 heteroatoms. The molecular weight excluding hydrogens is 359 g/mol. The van der Waals surface area contributed by atoms with Gasteiger partial charge in [0.2, 0.25) is 10.0 Å². The Morgan fingerprint density at radius 3 is 2.76 bits per heavy atom. The van der Waals surface area contributed by atoms with E-state index in [-0.39, 0.29) is 23.0 Å². The number of sulfonamides is 1. The molecule has 2 rings (SSSR count). The maximum atomic E-state index is 14.3. The topological polar surface area (TPSA) is 72.2 Å². The first-order valence-electron chi connectivity index (χ1n) is 7.04. The van der Waals surface area contributed by atoms with Gasteiger partial charge in [-0.3, -0.25) is 0 Å². The predicted octanol–water partition coefficient (Wildman–Crippen LogP) is 2.90. The first-order chi connectivity index (χ1) is 9.83. The van der Waals surface area contributed by atoms with Crippen molar-refractivity contribution in [2.75, 3.05) is 0 Å². The van der Waals surface area contributed by atoms with Crippen LogP contribution < -0.4 is 10.5 Å². The highest BCUT2D eigenvalue weighted by molar-refractivity contribution is 9.10. The lowest BCUT2D eigenvalue weighted by Crippen LogP contribution is -2.38. The van der Waals surface area contributed by atoms with Crippen molar-refractivity contribution in [3.8, 4) is 0 Å². The van der Waals surface area contributed by atoms with Crippen LogP contribution in [-0.2, 0) is 16.6 Å². The van der Waals surface area contributed by atoms with Gasteiger partial charge in [-0.2, -0.15) is 0 Å². The van der Waals surface area contributed by atoms with E-state index in [1.165, 1.54) is 12.1 Å². The van der Waals surface area contributed by atoms with Crippen molar-refractivity contribution >= 4 is 26.0 Å². The summed E-state index contributed by atoms with van der Waals surface area (Å²) in [6, 6.07) is 2.65. The van der Waals surface area contributed by atoms with E-state index >= 15 is 0 Å². The van der Waals surface area contributed by atoms with Gasteiger partial charge in [0.1, 0.15) is 10.7 Å². The van der Waals surface area contributed by atoms with Crippen LogP contribution in [0.4, 0.5) is 4.39 Å². The molecule has 4 nitrogen and oxygen atoms in total. The molecule has 1 aliphatic carbocycles. The molecule has 0 amide bonds. The molecule has 3 N–H and O–H groups in total. The van der Waals surface area contributed by atoms with Gasteiger partial charge in [0.15, 0.2) is 0 Å². The van der Waals surface area contributed by atoms with E-state index in [4.69, 9.17) is 5.73 Å². The van der Waals surface area contributed by atoms with E-state index < -0.39 is 15.8 Å². The number of hydrogen-bond donors (Lipinski definition) is 2. The number of rotatable bonds is 4. The SMILES string of the molecule is CC1CCCC(NS(=O)(=O)c2cc(Br)cc(CN)c2F)C1. The van der Waals surface area contributed by atoms with Crippen LogP contribution in [0.5, 0.6) is 0 Å². The third kappa shape index (κ3) is 4.03. The predicted molar refractivity (Wildman–Crippen MR) is 83.7 cm³/mol. The summed E-state index contributed by atoms with van der Waals surface area (Å²) in [5, 5.41) is 0. The van der Waals surface area contributed by atoms with Crippen LogP contribution in [0.15, 0.2) is 21.5 Å². The molecule has 1 saturated carbocycles. The van der Waals surface area contributed by atoms with Crippen molar-refractivity contribution in [2.24, 2.45) is 11.7 Å². The summed E-state index contributed by atoms with van der Waals surface area (Å²) in [6.07, 6.45) is 3.69. The molecule has 1 aromatic carbocycles. The van der Waals surface area contributed by atoms with Gasteiger partial charge in [-0.25, -0.2) is 17.5 Å². The molecule has 0 bridgehead atoms. The van der Waals surface area contributed by atoms with Crippen LogP contribution in [0.1, 0.15) is 38.2 Å². The first-order valence-corrected chi connectivity index (χ1v) is 9.31. The molecule has 21 heavy (non-hydrogen) atoms. The Morgan fingerprint density at radius 2 is 2.14 bits per heavy atom. The Kier molecular flexibility index (Phi) is 5.40. The molecule has 0 heterocycles. The molecule has 2 atom stereocenters. The van der Waals surface area contributed by atoms with Crippen LogP contribution in [0.25, 0.3) is 0 Å². The maximum absolute atomic E-state index is 14.3. The monoisotopic (exact) mass is 378 g/mol. The highest BCUT2D eigenvalue weighted by Crippen LogP contribution is 2.27. The van der Waals surface area contributed by atoms with Crippen LogP contribution in [0, 0.1) is 11.7 Å². The summed E-state index contributed by atoms with van der Waals surface area (Å²) in [7, 11) is -3.88. The van der Waals surface area contributed by atoms with E-state index in [2.05, 4.69) is 27.6 Å². The van der Waals surface area contributed by atoms with Gasteiger partial charge in [-0.05, 0) is 30.9 Å². The molecule has 0 radical (unpaired) electrons. The Bertz CT molecular complexity index is 622. The van der Waals surface area contributed by atoms with Crippen LogP contribution in [0.3, 0.4) is 0 Å². The molecule has 1 aromatic rings. The summed E-state index contributed by atoms with van der Waals surface area (Å²) in [6.45, 7) is 2.06. The Hall–Kier alpha value is -0.500. The minimum Gasteiger partial charge on any atom is -0.326 e.